The fourth-order valence-electron chi connectivity index (χ4n) is 4.84. The highest BCUT2D eigenvalue weighted by Crippen LogP contribution is 2.39. The second kappa shape index (κ2) is 9.31. The third kappa shape index (κ3) is 3.98. The van der Waals surface area contributed by atoms with Gasteiger partial charge in [0.2, 0.25) is 5.91 Å². The predicted octanol–water partition coefficient (Wildman–Crippen LogP) is 4.08. The number of imidazole rings is 1. The van der Waals surface area contributed by atoms with Gasteiger partial charge >= 0.3 is 5.69 Å². The van der Waals surface area contributed by atoms with Gasteiger partial charge in [-0.15, -0.1) is 11.3 Å². The largest absolute Gasteiger partial charge is 0.399 e. The van der Waals surface area contributed by atoms with Crippen LogP contribution in [0.15, 0.2) is 76.6 Å². The number of nitrogen functional groups attached to an aromatic ring is 1. The van der Waals surface area contributed by atoms with Crippen molar-refractivity contribution >= 4 is 50.0 Å². The first-order valence-corrected chi connectivity index (χ1v) is 13.3. The van der Waals surface area contributed by atoms with Crippen molar-refractivity contribution in [2.24, 2.45) is 14.1 Å². The second-order valence-corrected chi connectivity index (χ2v) is 10.7. The molecule has 1 amide bonds. The van der Waals surface area contributed by atoms with Gasteiger partial charge < -0.3 is 5.73 Å². The molecule has 0 unspecified atom stereocenters. The number of amides is 1. The van der Waals surface area contributed by atoms with Crippen LogP contribution >= 0.6 is 11.3 Å². The number of benzene rings is 3. The molecule has 3 heterocycles. The number of fused-ring (bicyclic) bond motifs is 2. The molecule has 200 valence electrons. The Morgan fingerprint density at radius 1 is 0.950 bits per heavy atom. The van der Waals surface area contributed by atoms with Crippen molar-refractivity contribution < 1.29 is 4.79 Å². The summed E-state index contributed by atoms with van der Waals surface area (Å²) in [6, 6.07) is 19.3. The van der Waals surface area contributed by atoms with E-state index in [2.05, 4.69) is 18.0 Å². The summed E-state index contributed by atoms with van der Waals surface area (Å²) in [5.41, 5.74) is 11.0. The van der Waals surface area contributed by atoms with Gasteiger partial charge in [0.25, 0.3) is 5.56 Å². The molecule has 0 fully saturated rings. The maximum Gasteiger partial charge on any atom is 0.332 e. The Hall–Kier alpha value is -5.03. The van der Waals surface area contributed by atoms with E-state index in [0.717, 1.165) is 42.0 Å². The topological polar surface area (TPSA) is 121 Å². The average Bonchev–Trinajstić information content (AvgIpc) is 3.55. The van der Waals surface area contributed by atoms with Gasteiger partial charge in [-0.1, -0.05) is 18.2 Å². The highest BCUT2D eigenvalue weighted by atomic mass is 32.1. The van der Waals surface area contributed by atoms with Crippen LogP contribution in [0.5, 0.6) is 0 Å². The van der Waals surface area contributed by atoms with Crippen molar-refractivity contribution in [3.63, 3.8) is 0 Å². The molecule has 0 aliphatic carbocycles. The SMILES string of the molecule is CC(=O)N(c1ccc(-c2nc3ccc(C)cc3s2)c(-c2ccc(N)cc2)c1)n1cnc2c1c(=O)n(C)c(=O)n2C. The lowest BCUT2D eigenvalue weighted by atomic mass is 9.98. The first-order chi connectivity index (χ1) is 19.1. The van der Waals surface area contributed by atoms with E-state index in [9.17, 15) is 14.4 Å². The number of anilines is 2. The normalized spacial score (nSPS) is 11.4. The zero-order valence-corrected chi connectivity index (χ0v) is 23.1. The quantitative estimate of drug-likeness (QED) is 0.330. The number of nitrogens with zero attached hydrogens (tertiary/aromatic N) is 6. The van der Waals surface area contributed by atoms with Crippen molar-refractivity contribution in [1.82, 2.24) is 23.8 Å². The van der Waals surface area contributed by atoms with Crippen LogP contribution in [0.3, 0.4) is 0 Å². The fourth-order valence-corrected chi connectivity index (χ4v) is 5.94. The van der Waals surface area contributed by atoms with Crippen LogP contribution in [0.2, 0.25) is 0 Å². The third-order valence-corrected chi connectivity index (χ3v) is 7.94. The summed E-state index contributed by atoms with van der Waals surface area (Å²) in [4.78, 5) is 47.9. The zero-order chi connectivity index (χ0) is 28.3. The van der Waals surface area contributed by atoms with E-state index in [1.54, 1.807) is 11.3 Å². The molecule has 0 spiro atoms. The molecule has 0 saturated carbocycles. The van der Waals surface area contributed by atoms with Crippen LogP contribution in [0.1, 0.15) is 12.5 Å². The Bertz CT molecular complexity index is 2080. The van der Waals surface area contributed by atoms with Gasteiger partial charge in [0.05, 0.1) is 15.9 Å². The maximum atomic E-state index is 13.1. The molecule has 0 bridgehead atoms. The second-order valence-electron chi connectivity index (χ2n) is 9.64. The summed E-state index contributed by atoms with van der Waals surface area (Å²) in [5.74, 6) is -0.346. The van der Waals surface area contributed by atoms with Gasteiger partial charge in [-0.2, -0.15) is 0 Å². The smallest absolute Gasteiger partial charge is 0.332 e. The number of aryl methyl sites for hydroxylation is 2. The molecular formula is C29H25N7O3S. The molecule has 0 aliphatic rings. The van der Waals surface area contributed by atoms with Crippen molar-refractivity contribution in [3.8, 4) is 21.7 Å². The van der Waals surface area contributed by atoms with Crippen LogP contribution in [0.25, 0.3) is 43.1 Å². The maximum absolute atomic E-state index is 13.1. The molecule has 3 aromatic heterocycles. The van der Waals surface area contributed by atoms with Gasteiger partial charge in [0.1, 0.15) is 11.3 Å². The molecule has 0 atom stereocenters. The molecule has 0 saturated heterocycles. The number of aromatic nitrogens is 5. The lowest BCUT2D eigenvalue weighted by molar-refractivity contribution is -0.117. The number of nitrogens with two attached hydrogens (primary N) is 1. The van der Waals surface area contributed by atoms with Crippen molar-refractivity contribution in [1.29, 1.82) is 0 Å². The molecule has 6 rings (SSSR count). The summed E-state index contributed by atoms with van der Waals surface area (Å²) in [6.07, 6.45) is 1.37. The molecule has 40 heavy (non-hydrogen) atoms. The van der Waals surface area contributed by atoms with Gasteiger partial charge in [-0.05, 0) is 66.1 Å². The standard InChI is InChI=1S/C29H25N7O3S/c1-16-5-12-23-24(13-16)40-27(32-23)21-11-10-20(14-22(21)18-6-8-19(30)9-7-18)36(17(2)37)35-15-31-26-25(35)28(38)34(4)29(39)33(26)3/h5-15H,30H2,1-4H3. The zero-order valence-electron chi connectivity index (χ0n) is 22.2. The van der Waals surface area contributed by atoms with E-state index >= 15 is 0 Å². The van der Waals surface area contributed by atoms with E-state index in [1.807, 2.05) is 54.6 Å². The Morgan fingerprint density at radius 2 is 1.70 bits per heavy atom. The molecule has 6 aromatic rings. The van der Waals surface area contributed by atoms with Crippen LogP contribution < -0.4 is 22.0 Å². The lowest BCUT2D eigenvalue weighted by Gasteiger charge is -2.24. The minimum Gasteiger partial charge on any atom is -0.399 e. The summed E-state index contributed by atoms with van der Waals surface area (Å²) in [6.45, 7) is 3.46. The highest BCUT2D eigenvalue weighted by Gasteiger charge is 2.23. The van der Waals surface area contributed by atoms with Gasteiger partial charge in [0, 0.05) is 32.3 Å². The van der Waals surface area contributed by atoms with Crippen LogP contribution in [-0.4, -0.2) is 29.7 Å². The number of hydrogen-bond donors (Lipinski definition) is 1. The van der Waals surface area contributed by atoms with E-state index in [0.29, 0.717) is 11.4 Å². The van der Waals surface area contributed by atoms with E-state index in [1.165, 1.54) is 41.6 Å². The van der Waals surface area contributed by atoms with Crippen LogP contribution in [0.4, 0.5) is 11.4 Å². The number of carbonyl (C=O) groups excluding carboxylic acids is 1. The molecule has 0 aliphatic heterocycles. The minimum atomic E-state index is -0.554. The Balaban J connectivity index is 1.59. The van der Waals surface area contributed by atoms with Crippen LogP contribution in [-0.2, 0) is 18.9 Å². The Labute approximate surface area is 232 Å². The predicted molar refractivity (Wildman–Crippen MR) is 158 cm³/mol. The minimum absolute atomic E-state index is 0.111. The van der Waals surface area contributed by atoms with Gasteiger partial charge in [-0.25, -0.2) is 24.4 Å². The summed E-state index contributed by atoms with van der Waals surface area (Å²) in [5, 5.41) is 2.21. The fraction of sp³-hybridized carbons (Fsp3) is 0.138. The number of rotatable bonds is 4. The number of carbonyl (C=O) groups is 1. The van der Waals surface area contributed by atoms with E-state index in [-0.39, 0.29) is 17.1 Å². The highest BCUT2D eigenvalue weighted by molar-refractivity contribution is 7.21. The molecule has 10 nitrogen and oxygen atoms in total. The van der Waals surface area contributed by atoms with Gasteiger partial charge in [-0.3, -0.25) is 18.7 Å². The van der Waals surface area contributed by atoms with Crippen molar-refractivity contribution in [2.45, 2.75) is 13.8 Å². The van der Waals surface area contributed by atoms with E-state index in [4.69, 9.17) is 10.7 Å². The van der Waals surface area contributed by atoms with Crippen molar-refractivity contribution in [3.05, 3.63) is 93.4 Å². The molecule has 2 N–H and O–H groups in total. The Morgan fingerprint density at radius 3 is 2.42 bits per heavy atom. The third-order valence-electron chi connectivity index (χ3n) is 6.89. The first-order valence-electron chi connectivity index (χ1n) is 12.5. The van der Waals surface area contributed by atoms with Crippen LogP contribution in [0, 0.1) is 6.92 Å². The summed E-state index contributed by atoms with van der Waals surface area (Å²) >= 11 is 1.60. The van der Waals surface area contributed by atoms with Crippen molar-refractivity contribution in [2.75, 3.05) is 10.7 Å². The first kappa shape index (κ1) is 25.3. The monoisotopic (exact) mass is 551 g/mol. The molecular weight excluding hydrogens is 526 g/mol. The summed E-state index contributed by atoms with van der Waals surface area (Å²) in [7, 11) is 2.93. The van der Waals surface area contributed by atoms with Gasteiger partial charge in [0.15, 0.2) is 11.2 Å². The summed E-state index contributed by atoms with van der Waals surface area (Å²) < 4.78 is 4.75. The number of hydrogen-bond acceptors (Lipinski definition) is 7. The average molecular weight is 552 g/mol. The molecule has 3 aromatic carbocycles. The number of thiazole rings is 1. The molecule has 0 radical (unpaired) electrons. The van der Waals surface area contributed by atoms with E-state index < -0.39 is 11.2 Å². The molecule has 11 heteroatoms. The lowest BCUT2D eigenvalue weighted by Crippen LogP contribution is -2.40. The Kier molecular flexibility index (Phi) is 5.88.